The molecule has 0 aromatic heterocycles. The summed E-state index contributed by atoms with van der Waals surface area (Å²) >= 11 is 3.31. The molecule has 1 amide bonds. The van der Waals surface area contributed by atoms with Gasteiger partial charge in [-0.3, -0.25) is 25.0 Å². The van der Waals surface area contributed by atoms with E-state index in [4.69, 9.17) is 4.74 Å². The summed E-state index contributed by atoms with van der Waals surface area (Å²) in [5.74, 6) is -0.565. The van der Waals surface area contributed by atoms with Crippen molar-refractivity contribution in [1.82, 2.24) is 0 Å². The molecule has 0 saturated carbocycles. The third-order valence-electron chi connectivity index (χ3n) is 4.83. The minimum atomic E-state index is -0.777. The van der Waals surface area contributed by atoms with E-state index in [1.165, 1.54) is 12.1 Å². The summed E-state index contributed by atoms with van der Waals surface area (Å²) < 4.78 is 5.98. The van der Waals surface area contributed by atoms with Crippen molar-refractivity contribution < 1.29 is 19.4 Å². The summed E-state index contributed by atoms with van der Waals surface area (Å²) in [5.41, 5.74) is 1.86. The van der Waals surface area contributed by atoms with E-state index in [9.17, 15) is 30.3 Å². The van der Waals surface area contributed by atoms with Crippen molar-refractivity contribution in [3.05, 3.63) is 102 Å². The molecule has 35 heavy (non-hydrogen) atoms. The highest BCUT2D eigenvalue weighted by atomic mass is 79.9. The van der Waals surface area contributed by atoms with E-state index < -0.39 is 27.1 Å². The zero-order valence-electron chi connectivity index (χ0n) is 18.4. The molecule has 0 fully saturated rings. The van der Waals surface area contributed by atoms with Gasteiger partial charge in [0.2, 0.25) is 5.75 Å². The van der Waals surface area contributed by atoms with Gasteiger partial charge in [0.1, 0.15) is 17.4 Å². The number of nitro groups is 2. The van der Waals surface area contributed by atoms with Crippen LogP contribution >= 0.6 is 15.9 Å². The summed E-state index contributed by atoms with van der Waals surface area (Å²) in [6, 6.07) is 15.1. The third-order valence-corrected chi connectivity index (χ3v) is 5.45. The summed E-state index contributed by atoms with van der Waals surface area (Å²) in [6.07, 6.45) is 1.39. The Morgan fingerprint density at radius 1 is 1.03 bits per heavy atom. The first-order chi connectivity index (χ1) is 16.6. The number of ether oxygens (including phenoxy) is 1. The Kier molecular flexibility index (Phi) is 7.58. The van der Waals surface area contributed by atoms with E-state index in [0.717, 1.165) is 29.3 Å². The van der Waals surface area contributed by atoms with Crippen LogP contribution in [0.5, 0.6) is 11.5 Å². The van der Waals surface area contributed by atoms with Crippen molar-refractivity contribution in [2.45, 2.75) is 13.8 Å². The molecule has 10 nitrogen and oxygen atoms in total. The number of nitrogens with zero attached hydrogens (tertiary/aromatic N) is 3. The average molecular weight is 537 g/mol. The van der Waals surface area contributed by atoms with Gasteiger partial charge < -0.3 is 10.1 Å². The van der Waals surface area contributed by atoms with Crippen LogP contribution in [-0.4, -0.2) is 15.8 Å². The first-order valence-corrected chi connectivity index (χ1v) is 10.8. The fraction of sp³-hybridized carbons (Fsp3) is 0.0833. The second-order valence-electron chi connectivity index (χ2n) is 7.40. The molecule has 0 aliphatic rings. The summed E-state index contributed by atoms with van der Waals surface area (Å²) in [6.45, 7) is 3.79. The van der Waals surface area contributed by atoms with Crippen LogP contribution in [0.1, 0.15) is 16.7 Å². The molecule has 0 atom stereocenters. The van der Waals surface area contributed by atoms with Crippen LogP contribution in [0.2, 0.25) is 0 Å². The zero-order chi connectivity index (χ0) is 25.7. The van der Waals surface area contributed by atoms with E-state index in [1.807, 2.05) is 32.0 Å². The summed E-state index contributed by atoms with van der Waals surface area (Å²) in [4.78, 5) is 33.3. The lowest BCUT2D eigenvalue weighted by Crippen LogP contribution is -2.14. The number of benzene rings is 3. The molecule has 0 saturated heterocycles. The minimum absolute atomic E-state index is 0.128. The number of rotatable bonds is 7. The Hall–Kier alpha value is -4.56. The number of nitrogens with one attached hydrogen (secondary N) is 1. The van der Waals surface area contributed by atoms with Gasteiger partial charge in [0, 0.05) is 11.8 Å². The highest BCUT2D eigenvalue weighted by Crippen LogP contribution is 2.37. The second kappa shape index (κ2) is 10.6. The lowest BCUT2D eigenvalue weighted by atomic mass is 10.1. The van der Waals surface area contributed by atoms with Gasteiger partial charge >= 0.3 is 5.69 Å². The van der Waals surface area contributed by atoms with Crippen molar-refractivity contribution in [1.29, 1.82) is 5.26 Å². The Morgan fingerprint density at radius 2 is 1.74 bits per heavy atom. The number of carbonyl (C=O) groups is 1. The molecule has 0 unspecified atom stereocenters. The maximum absolute atomic E-state index is 12.6. The molecule has 0 aliphatic carbocycles. The Bertz CT molecular complexity index is 1430. The van der Waals surface area contributed by atoms with Gasteiger partial charge in [-0.05, 0) is 71.2 Å². The molecule has 0 spiro atoms. The van der Waals surface area contributed by atoms with Crippen LogP contribution in [0.25, 0.3) is 6.08 Å². The van der Waals surface area contributed by atoms with Gasteiger partial charge in [-0.1, -0.05) is 23.8 Å². The number of amides is 1. The van der Waals surface area contributed by atoms with Gasteiger partial charge in [-0.25, -0.2) is 0 Å². The molecule has 0 aliphatic heterocycles. The zero-order valence-corrected chi connectivity index (χ0v) is 20.0. The smallest absolute Gasteiger partial charge is 0.318 e. The molecule has 176 valence electrons. The van der Waals surface area contributed by atoms with Crippen molar-refractivity contribution in [2.24, 2.45) is 0 Å². The highest BCUT2D eigenvalue weighted by molar-refractivity contribution is 9.10. The van der Waals surface area contributed by atoms with E-state index in [1.54, 1.807) is 18.2 Å². The topological polar surface area (TPSA) is 148 Å². The number of carbonyl (C=O) groups excluding carboxylic acids is 1. The van der Waals surface area contributed by atoms with Gasteiger partial charge in [-0.2, -0.15) is 5.26 Å². The predicted octanol–water partition coefficient (Wildman–Crippen LogP) is 6.22. The first-order valence-electron chi connectivity index (χ1n) is 9.99. The van der Waals surface area contributed by atoms with Crippen LogP contribution in [0.3, 0.4) is 0 Å². The maximum atomic E-state index is 12.6. The number of hydrogen-bond donors (Lipinski definition) is 1. The largest absolute Gasteiger partial charge is 0.449 e. The molecule has 0 heterocycles. The van der Waals surface area contributed by atoms with E-state index in [-0.39, 0.29) is 17.1 Å². The number of aryl methyl sites for hydroxylation is 2. The van der Waals surface area contributed by atoms with Gasteiger partial charge in [0.25, 0.3) is 11.6 Å². The van der Waals surface area contributed by atoms with Gasteiger partial charge in [-0.15, -0.1) is 0 Å². The average Bonchev–Trinajstić information content (AvgIpc) is 2.80. The molecule has 3 aromatic rings. The van der Waals surface area contributed by atoms with Crippen molar-refractivity contribution in [3.63, 3.8) is 0 Å². The van der Waals surface area contributed by atoms with E-state index in [2.05, 4.69) is 21.2 Å². The fourth-order valence-corrected chi connectivity index (χ4v) is 3.59. The molecule has 3 rings (SSSR count). The number of hydrogen-bond acceptors (Lipinski definition) is 7. The molecule has 3 aromatic carbocycles. The van der Waals surface area contributed by atoms with Crippen molar-refractivity contribution >= 4 is 45.0 Å². The fourth-order valence-electron chi connectivity index (χ4n) is 3.12. The van der Waals surface area contributed by atoms with Crippen LogP contribution < -0.4 is 10.1 Å². The Labute approximate surface area is 207 Å². The first kappa shape index (κ1) is 25.1. The van der Waals surface area contributed by atoms with Crippen molar-refractivity contribution in [2.75, 3.05) is 5.32 Å². The van der Waals surface area contributed by atoms with Crippen molar-refractivity contribution in [3.8, 4) is 17.6 Å². The molecule has 1 N–H and O–H groups in total. The quantitative estimate of drug-likeness (QED) is 0.163. The SMILES string of the molecule is Cc1ccc(NC(=O)/C(C#N)=C/c2ccc(Oc3ccc([N+](=O)[O-])cc3[N+](=O)[O-])c(Br)c2)c(C)c1. The molecule has 0 bridgehead atoms. The summed E-state index contributed by atoms with van der Waals surface area (Å²) in [5, 5.41) is 34.4. The molecule has 0 radical (unpaired) electrons. The predicted molar refractivity (Wildman–Crippen MR) is 132 cm³/mol. The Morgan fingerprint density at radius 3 is 2.34 bits per heavy atom. The van der Waals surface area contributed by atoms with Gasteiger partial charge in [0.05, 0.1) is 20.4 Å². The van der Waals surface area contributed by atoms with Crippen LogP contribution in [0.4, 0.5) is 17.1 Å². The van der Waals surface area contributed by atoms with Crippen LogP contribution in [0.15, 0.2) is 64.6 Å². The lowest BCUT2D eigenvalue weighted by Gasteiger charge is -2.10. The monoisotopic (exact) mass is 536 g/mol. The van der Waals surface area contributed by atoms with E-state index >= 15 is 0 Å². The molecular formula is C24H17BrN4O6. The number of nitriles is 1. The minimum Gasteiger partial charge on any atom is -0.449 e. The number of halogens is 1. The molecular weight excluding hydrogens is 520 g/mol. The lowest BCUT2D eigenvalue weighted by molar-refractivity contribution is -0.394. The third kappa shape index (κ3) is 6.07. The number of nitro benzene ring substituents is 2. The second-order valence-corrected chi connectivity index (χ2v) is 8.25. The van der Waals surface area contributed by atoms with E-state index in [0.29, 0.717) is 15.7 Å². The highest BCUT2D eigenvalue weighted by Gasteiger charge is 2.22. The van der Waals surface area contributed by atoms with Crippen LogP contribution in [-0.2, 0) is 4.79 Å². The number of anilines is 1. The van der Waals surface area contributed by atoms with Gasteiger partial charge in [0.15, 0.2) is 0 Å². The standard InChI is InChI=1S/C24H17BrN4O6/c1-14-3-6-20(15(2)9-14)27-24(30)17(13-26)10-16-4-7-22(19(25)11-16)35-23-8-5-18(28(31)32)12-21(23)29(33)34/h3-12H,1-2H3,(H,27,30)/b17-10+. The molecule has 11 heteroatoms. The summed E-state index contributed by atoms with van der Waals surface area (Å²) in [7, 11) is 0. The van der Waals surface area contributed by atoms with Crippen LogP contribution in [0, 0.1) is 45.4 Å². The Balaban J connectivity index is 1.84. The normalized spacial score (nSPS) is 10.9. The maximum Gasteiger partial charge on any atom is 0.318 e. The number of non-ortho nitro benzene ring substituents is 1.